The maximum absolute atomic E-state index is 13.4. The number of hydrogen-bond donors (Lipinski definition) is 0. The zero-order chi connectivity index (χ0) is 25.2. The van der Waals surface area contributed by atoms with Gasteiger partial charge in [0, 0.05) is 24.6 Å². The number of hydrogen-bond acceptors (Lipinski definition) is 7. The third kappa shape index (κ3) is 4.23. The standard InChI is InChI=1S/C25H20N6O4S/c1-17-23(24(32)30(28(17)2)19-7-4-3-5-8-19)27-25-29(21(16-36-25)22-9-6-14-35-22)26-15-18-10-12-20(13-11-18)31(33)34/h3-16H,1-2H3. The van der Waals surface area contributed by atoms with Crippen LogP contribution in [-0.2, 0) is 7.05 Å². The van der Waals surface area contributed by atoms with Crippen LogP contribution in [0.2, 0.25) is 0 Å². The lowest BCUT2D eigenvalue weighted by atomic mass is 10.2. The molecule has 0 bridgehead atoms. The summed E-state index contributed by atoms with van der Waals surface area (Å²) in [7, 11) is 1.81. The van der Waals surface area contributed by atoms with Crippen molar-refractivity contribution in [2.45, 2.75) is 6.92 Å². The summed E-state index contributed by atoms with van der Waals surface area (Å²) in [5.41, 5.74) is 2.80. The first-order valence-electron chi connectivity index (χ1n) is 10.9. The summed E-state index contributed by atoms with van der Waals surface area (Å²) in [4.78, 5) is 29.0. The van der Waals surface area contributed by atoms with Crippen molar-refractivity contribution < 1.29 is 9.34 Å². The molecule has 180 valence electrons. The third-order valence-electron chi connectivity index (χ3n) is 5.62. The van der Waals surface area contributed by atoms with E-state index < -0.39 is 4.92 Å². The van der Waals surface area contributed by atoms with Crippen LogP contribution in [0.25, 0.3) is 17.1 Å². The number of furan rings is 1. The Morgan fingerprint density at radius 1 is 1.06 bits per heavy atom. The van der Waals surface area contributed by atoms with Crippen LogP contribution in [-0.4, -0.2) is 25.2 Å². The van der Waals surface area contributed by atoms with Crippen LogP contribution in [0.1, 0.15) is 11.3 Å². The smallest absolute Gasteiger partial charge is 0.297 e. The number of nitro groups is 1. The maximum Gasteiger partial charge on any atom is 0.297 e. The van der Waals surface area contributed by atoms with E-state index in [2.05, 4.69) is 5.10 Å². The molecule has 0 radical (unpaired) electrons. The molecule has 3 heterocycles. The molecule has 0 aliphatic rings. The molecule has 11 heteroatoms. The van der Waals surface area contributed by atoms with Crippen molar-refractivity contribution in [3.63, 3.8) is 0 Å². The number of nitro benzene ring substituents is 1. The summed E-state index contributed by atoms with van der Waals surface area (Å²) in [5, 5.41) is 17.4. The quantitative estimate of drug-likeness (QED) is 0.192. The normalized spacial score (nSPS) is 12.0. The van der Waals surface area contributed by atoms with Crippen LogP contribution in [0, 0.1) is 17.0 Å². The number of rotatable bonds is 6. The molecular weight excluding hydrogens is 480 g/mol. The van der Waals surface area contributed by atoms with E-state index in [0.717, 1.165) is 5.69 Å². The van der Waals surface area contributed by atoms with Gasteiger partial charge in [-0.05, 0) is 48.9 Å². The highest BCUT2D eigenvalue weighted by atomic mass is 32.1. The fourth-order valence-electron chi connectivity index (χ4n) is 3.67. The molecule has 0 saturated carbocycles. The minimum absolute atomic E-state index is 0.00320. The van der Waals surface area contributed by atoms with Crippen LogP contribution >= 0.6 is 11.3 Å². The average molecular weight is 501 g/mol. The van der Waals surface area contributed by atoms with Gasteiger partial charge in [-0.1, -0.05) is 18.2 Å². The topological polar surface area (TPSA) is 113 Å². The van der Waals surface area contributed by atoms with Gasteiger partial charge in [0.25, 0.3) is 11.2 Å². The summed E-state index contributed by atoms with van der Waals surface area (Å²) in [6.07, 6.45) is 3.13. The molecule has 0 N–H and O–H groups in total. The third-order valence-corrected chi connectivity index (χ3v) is 6.43. The Kier molecular flexibility index (Phi) is 6.05. The molecule has 0 aliphatic heterocycles. The minimum atomic E-state index is -0.453. The molecule has 0 amide bonds. The van der Waals surface area contributed by atoms with Crippen molar-refractivity contribution in [1.82, 2.24) is 14.0 Å². The lowest BCUT2D eigenvalue weighted by Gasteiger charge is -2.07. The van der Waals surface area contributed by atoms with E-state index in [-0.39, 0.29) is 11.2 Å². The number of aromatic nitrogens is 3. The fourth-order valence-corrected chi connectivity index (χ4v) is 4.49. The molecule has 0 fully saturated rings. The summed E-state index contributed by atoms with van der Waals surface area (Å²) >= 11 is 1.31. The predicted molar refractivity (Wildman–Crippen MR) is 137 cm³/mol. The lowest BCUT2D eigenvalue weighted by molar-refractivity contribution is -0.384. The predicted octanol–water partition coefficient (Wildman–Crippen LogP) is 4.63. The lowest BCUT2D eigenvalue weighted by Crippen LogP contribution is -2.19. The molecule has 3 aromatic heterocycles. The number of para-hydroxylation sites is 1. The number of non-ortho nitro benzene ring substituents is 1. The van der Waals surface area contributed by atoms with Gasteiger partial charge in [0.15, 0.2) is 11.4 Å². The zero-order valence-electron chi connectivity index (χ0n) is 19.3. The van der Waals surface area contributed by atoms with E-state index >= 15 is 0 Å². The Morgan fingerprint density at radius 2 is 1.81 bits per heavy atom. The molecule has 10 nitrogen and oxygen atoms in total. The molecular formula is C25H20N6O4S. The second-order valence-electron chi connectivity index (χ2n) is 7.81. The van der Waals surface area contributed by atoms with Gasteiger partial charge < -0.3 is 4.42 Å². The first-order chi connectivity index (χ1) is 17.4. The van der Waals surface area contributed by atoms with E-state index in [1.54, 1.807) is 50.8 Å². The van der Waals surface area contributed by atoms with Gasteiger partial charge in [-0.2, -0.15) is 5.10 Å². The molecule has 5 aromatic rings. The first kappa shape index (κ1) is 23.0. The van der Waals surface area contributed by atoms with Crippen molar-refractivity contribution in [2.75, 3.05) is 0 Å². The molecule has 5 rings (SSSR count). The molecule has 0 aliphatic carbocycles. The van der Waals surface area contributed by atoms with Crippen molar-refractivity contribution in [1.29, 1.82) is 0 Å². The molecule has 2 aromatic carbocycles. The van der Waals surface area contributed by atoms with Crippen molar-refractivity contribution in [3.8, 4) is 17.1 Å². The second-order valence-corrected chi connectivity index (χ2v) is 8.64. The van der Waals surface area contributed by atoms with Crippen LogP contribution in [0.3, 0.4) is 0 Å². The van der Waals surface area contributed by atoms with Gasteiger partial charge >= 0.3 is 0 Å². The van der Waals surface area contributed by atoms with Gasteiger partial charge in [0.2, 0.25) is 4.80 Å². The SMILES string of the molecule is Cc1c(N=c2scc(-c3ccco3)n2N=Cc2ccc([N+](=O)[O-])cc2)c(=O)n(-c2ccccc2)n1C. The van der Waals surface area contributed by atoms with Crippen LogP contribution in [0.15, 0.2) is 97.7 Å². The summed E-state index contributed by atoms with van der Waals surface area (Å²) in [5.74, 6) is 0.583. The maximum atomic E-state index is 13.4. The second kappa shape index (κ2) is 9.47. The minimum Gasteiger partial charge on any atom is -0.463 e. The Bertz CT molecular complexity index is 1690. The highest BCUT2D eigenvalue weighted by Crippen LogP contribution is 2.22. The van der Waals surface area contributed by atoms with Gasteiger partial charge in [0.05, 0.1) is 28.8 Å². The van der Waals surface area contributed by atoms with E-state index in [1.807, 2.05) is 49.7 Å². The molecule has 0 unspecified atom stereocenters. The largest absolute Gasteiger partial charge is 0.463 e. The Morgan fingerprint density at radius 3 is 2.47 bits per heavy atom. The van der Waals surface area contributed by atoms with Crippen molar-refractivity contribution in [2.24, 2.45) is 17.1 Å². The zero-order valence-corrected chi connectivity index (χ0v) is 20.1. The molecule has 0 spiro atoms. The first-order valence-corrected chi connectivity index (χ1v) is 11.7. The van der Waals surface area contributed by atoms with E-state index in [4.69, 9.17) is 9.41 Å². The number of nitrogens with zero attached hydrogens (tertiary/aromatic N) is 6. The Balaban J connectivity index is 1.64. The monoisotopic (exact) mass is 500 g/mol. The van der Waals surface area contributed by atoms with Crippen molar-refractivity contribution >= 4 is 28.9 Å². The fraction of sp³-hybridized carbons (Fsp3) is 0.0800. The van der Waals surface area contributed by atoms with E-state index in [9.17, 15) is 14.9 Å². The van der Waals surface area contributed by atoms with E-state index in [1.165, 1.54) is 23.5 Å². The average Bonchev–Trinajstić information content (AvgIpc) is 3.60. The van der Waals surface area contributed by atoms with Crippen molar-refractivity contribution in [3.05, 3.63) is 115 Å². The van der Waals surface area contributed by atoms with Crippen LogP contribution < -0.4 is 10.4 Å². The molecule has 0 atom stereocenters. The van der Waals surface area contributed by atoms with Crippen LogP contribution in [0.4, 0.5) is 11.4 Å². The van der Waals surface area contributed by atoms with E-state index in [0.29, 0.717) is 33.2 Å². The summed E-state index contributed by atoms with van der Waals surface area (Å²) in [6, 6.07) is 19.0. The van der Waals surface area contributed by atoms with Gasteiger partial charge in [0.1, 0.15) is 5.69 Å². The van der Waals surface area contributed by atoms with Gasteiger partial charge in [-0.3, -0.25) is 19.6 Å². The van der Waals surface area contributed by atoms with Gasteiger partial charge in [-0.25, -0.2) is 14.4 Å². The van der Waals surface area contributed by atoms with Gasteiger partial charge in [-0.15, -0.1) is 11.3 Å². The summed E-state index contributed by atoms with van der Waals surface area (Å²) in [6.45, 7) is 1.84. The number of thiazole rings is 1. The van der Waals surface area contributed by atoms with Crippen LogP contribution in [0.5, 0.6) is 0 Å². The highest BCUT2D eigenvalue weighted by molar-refractivity contribution is 7.07. The number of benzene rings is 2. The Hall–Kier alpha value is -4.77. The summed E-state index contributed by atoms with van der Waals surface area (Å²) < 4.78 is 10.5. The highest BCUT2D eigenvalue weighted by Gasteiger charge is 2.17. The molecule has 0 saturated heterocycles. The Labute approximate surface area is 208 Å². The molecule has 36 heavy (non-hydrogen) atoms.